The summed E-state index contributed by atoms with van der Waals surface area (Å²) in [6, 6.07) is 15.2. The number of methoxy groups -OCH3 is 1. The lowest BCUT2D eigenvalue weighted by molar-refractivity contribution is 0.0594. The fraction of sp³-hybridized carbons (Fsp3) is 0.273. The molecule has 0 unspecified atom stereocenters. The van der Waals surface area contributed by atoms with Crippen molar-refractivity contribution in [3.8, 4) is 11.8 Å². The lowest BCUT2D eigenvalue weighted by Gasteiger charge is -2.24. The Morgan fingerprint density at radius 1 is 1.17 bits per heavy atom. The molecule has 1 aromatic heterocycles. The van der Waals surface area contributed by atoms with E-state index in [-0.39, 0.29) is 11.5 Å². The lowest BCUT2D eigenvalue weighted by atomic mass is 9.90. The molecule has 0 amide bonds. The summed E-state index contributed by atoms with van der Waals surface area (Å²) >= 11 is 0. The normalized spacial score (nSPS) is 11.8. The van der Waals surface area contributed by atoms with E-state index in [1.54, 1.807) is 36.4 Å². The maximum atomic E-state index is 12.2. The number of para-hydroxylation sites is 1. The van der Waals surface area contributed by atoms with Crippen LogP contribution in [0.1, 0.15) is 29.9 Å². The molecule has 0 saturated heterocycles. The average molecular weight is 426 g/mol. The largest absolute Gasteiger partial charge is 0.492 e. The average Bonchev–Trinajstić information content (AvgIpc) is 3.16. The molecule has 0 aliphatic rings. The van der Waals surface area contributed by atoms with Crippen LogP contribution in [0.25, 0.3) is 10.9 Å². The van der Waals surface area contributed by atoms with Crippen LogP contribution in [0.15, 0.2) is 53.4 Å². The van der Waals surface area contributed by atoms with Gasteiger partial charge in [-0.2, -0.15) is 5.26 Å². The minimum absolute atomic E-state index is 0.103. The second-order valence-corrected chi connectivity index (χ2v) is 9.50. The third-order valence-electron chi connectivity index (χ3n) is 4.82. The number of esters is 1. The smallest absolute Gasteiger partial charge is 0.341 e. The number of benzene rings is 2. The van der Waals surface area contributed by atoms with Crippen LogP contribution in [0, 0.1) is 11.3 Å². The van der Waals surface area contributed by atoms with Gasteiger partial charge in [0.1, 0.15) is 17.1 Å². The van der Waals surface area contributed by atoms with Crippen molar-refractivity contribution >= 4 is 26.7 Å². The summed E-state index contributed by atoms with van der Waals surface area (Å²) in [6.45, 7) is 4.23. The minimum atomic E-state index is -3.64. The molecule has 1 heterocycles. The summed E-state index contributed by atoms with van der Waals surface area (Å²) in [5.74, 6) is -0.607. The van der Waals surface area contributed by atoms with E-state index in [0.717, 1.165) is 11.1 Å². The zero-order chi connectivity index (χ0) is 21.9. The molecule has 0 aliphatic heterocycles. The Morgan fingerprint density at radius 2 is 1.90 bits per heavy atom. The molecule has 2 aromatic carbocycles. The Kier molecular flexibility index (Phi) is 5.85. The van der Waals surface area contributed by atoms with Gasteiger partial charge in [0, 0.05) is 16.6 Å². The monoisotopic (exact) mass is 426 g/mol. The Labute approximate surface area is 175 Å². The van der Waals surface area contributed by atoms with E-state index in [2.05, 4.69) is 4.98 Å². The third kappa shape index (κ3) is 4.31. The van der Waals surface area contributed by atoms with E-state index in [4.69, 9.17) is 14.7 Å². The van der Waals surface area contributed by atoms with Crippen LogP contribution in [-0.4, -0.2) is 38.8 Å². The van der Waals surface area contributed by atoms with E-state index in [0.29, 0.717) is 16.8 Å². The molecule has 0 fully saturated rings. The van der Waals surface area contributed by atoms with Crippen molar-refractivity contribution in [3.05, 3.63) is 59.8 Å². The molecule has 0 atom stereocenters. The first kappa shape index (κ1) is 21.4. The molecule has 156 valence electrons. The molecule has 30 heavy (non-hydrogen) atoms. The summed E-state index contributed by atoms with van der Waals surface area (Å²) in [4.78, 5) is 15.3. The number of aromatic nitrogens is 1. The number of nitrogens with one attached hydrogen (secondary N) is 1. The number of nitriles is 1. The van der Waals surface area contributed by atoms with Crippen LogP contribution in [0.2, 0.25) is 0 Å². The molecule has 0 radical (unpaired) electrons. The van der Waals surface area contributed by atoms with Gasteiger partial charge in [-0.3, -0.25) is 0 Å². The molecule has 0 bridgehead atoms. The van der Waals surface area contributed by atoms with Crippen LogP contribution in [0.4, 0.5) is 0 Å². The Balaban J connectivity index is 1.86. The highest BCUT2D eigenvalue weighted by Gasteiger charge is 2.25. The Bertz CT molecular complexity index is 1240. The zero-order valence-corrected chi connectivity index (χ0v) is 17.7. The van der Waals surface area contributed by atoms with E-state index in [9.17, 15) is 13.2 Å². The second-order valence-electron chi connectivity index (χ2n) is 7.51. The standard InChI is InChI=1S/C22H22N2O5S/c1-22(2,14-29-19-7-5-4-6-17(19)21(25)28-3)20-12-15-8-9-16(13-18(15)24-20)30(26,27)11-10-23/h4-9,12-13,24H,11,14H2,1-3H3. The number of carbonyl (C=O) groups is 1. The third-order valence-corrected chi connectivity index (χ3v) is 6.30. The predicted molar refractivity (Wildman–Crippen MR) is 112 cm³/mol. The van der Waals surface area contributed by atoms with Crippen LogP contribution >= 0.6 is 0 Å². The number of hydrogen-bond acceptors (Lipinski definition) is 6. The van der Waals surface area contributed by atoms with Crippen molar-refractivity contribution in [2.45, 2.75) is 24.2 Å². The first-order valence-corrected chi connectivity index (χ1v) is 10.9. The Hall–Kier alpha value is -3.31. The number of sulfone groups is 1. The van der Waals surface area contributed by atoms with Crippen molar-refractivity contribution in [2.75, 3.05) is 19.5 Å². The molecule has 3 rings (SSSR count). The molecule has 3 aromatic rings. The quantitative estimate of drug-likeness (QED) is 0.578. The summed E-state index contributed by atoms with van der Waals surface area (Å²) < 4.78 is 35.0. The van der Waals surface area contributed by atoms with E-state index in [1.165, 1.54) is 19.2 Å². The first-order valence-electron chi connectivity index (χ1n) is 9.21. The first-order chi connectivity index (χ1) is 14.2. The summed E-state index contributed by atoms with van der Waals surface area (Å²) in [5, 5.41) is 9.58. The summed E-state index contributed by atoms with van der Waals surface area (Å²) in [5.41, 5.74) is 1.39. The molecule has 0 saturated carbocycles. The van der Waals surface area contributed by atoms with Crippen molar-refractivity contribution in [2.24, 2.45) is 0 Å². The van der Waals surface area contributed by atoms with E-state index >= 15 is 0 Å². The molecule has 0 spiro atoms. The van der Waals surface area contributed by atoms with Gasteiger partial charge in [0.05, 0.1) is 24.7 Å². The van der Waals surface area contributed by atoms with Gasteiger partial charge >= 0.3 is 5.97 Å². The second kappa shape index (κ2) is 8.20. The van der Waals surface area contributed by atoms with Gasteiger partial charge in [0.15, 0.2) is 9.84 Å². The molecule has 1 N–H and O–H groups in total. The van der Waals surface area contributed by atoms with Crippen molar-refractivity contribution in [1.29, 1.82) is 5.26 Å². The van der Waals surface area contributed by atoms with Crippen LogP contribution < -0.4 is 4.74 Å². The maximum Gasteiger partial charge on any atom is 0.341 e. The molecule has 7 nitrogen and oxygen atoms in total. The minimum Gasteiger partial charge on any atom is -0.492 e. The van der Waals surface area contributed by atoms with Gasteiger partial charge in [-0.15, -0.1) is 0 Å². The summed E-state index contributed by atoms with van der Waals surface area (Å²) in [7, 11) is -2.32. The highest BCUT2D eigenvalue weighted by molar-refractivity contribution is 7.91. The van der Waals surface area contributed by atoms with Gasteiger partial charge < -0.3 is 14.5 Å². The molecule has 8 heteroatoms. The topological polar surface area (TPSA) is 109 Å². The maximum absolute atomic E-state index is 12.2. The van der Waals surface area contributed by atoms with Crippen LogP contribution in [0.5, 0.6) is 5.75 Å². The number of fused-ring (bicyclic) bond motifs is 1. The van der Waals surface area contributed by atoms with Gasteiger partial charge in [-0.1, -0.05) is 32.0 Å². The predicted octanol–water partition coefficient (Wildman–Crippen LogP) is 3.61. The zero-order valence-electron chi connectivity index (χ0n) is 16.9. The highest BCUT2D eigenvalue weighted by atomic mass is 32.2. The highest BCUT2D eigenvalue weighted by Crippen LogP contribution is 2.30. The summed E-state index contributed by atoms with van der Waals surface area (Å²) in [6.07, 6.45) is 0. The number of ether oxygens (including phenoxy) is 2. The van der Waals surface area contributed by atoms with E-state index in [1.807, 2.05) is 19.9 Å². The van der Waals surface area contributed by atoms with Gasteiger partial charge in [-0.05, 0) is 35.7 Å². The van der Waals surface area contributed by atoms with Gasteiger partial charge in [0.2, 0.25) is 0 Å². The number of rotatable bonds is 7. The fourth-order valence-corrected chi connectivity index (χ4v) is 3.95. The van der Waals surface area contributed by atoms with Gasteiger partial charge in [0.25, 0.3) is 0 Å². The SMILES string of the molecule is COC(=O)c1ccccc1OCC(C)(C)c1cc2ccc(S(=O)(=O)CC#N)cc2[nH]1. The number of aromatic amines is 1. The van der Waals surface area contributed by atoms with Crippen molar-refractivity contribution in [1.82, 2.24) is 4.98 Å². The van der Waals surface area contributed by atoms with E-state index < -0.39 is 27.0 Å². The Morgan fingerprint density at radius 3 is 2.60 bits per heavy atom. The number of H-pyrrole nitrogens is 1. The number of hydrogen-bond donors (Lipinski definition) is 1. The lowest BCUT2D eigenvalue weighted by Crippen LogP contribution is -2.27. The van der Waals surface area contributed by atoms with Crippen molar-refractivity contribution < 1.29 is 22.7 Å². The van der Waals surface area contributed by atoms with Gasteiger partial charge in [-0.25, -0.2) is 13.2 Å². The molecular weight excluding hydrogens is 404 g/mol. The van der Waals surface area contributed by atoms with Crippen molar-refractivity contribution in [3.63, 3.8) is 0 Å². The van der Waals surface area contributed by atoms with Crippen LogP contribution in [0.3, 0.4) is 0 Å². The molecular formula is C22H22N2O5S. The fourth-order valence-electron chi connectivity index (χ4n) is 3.04. The number of nitrogens with zero attached hydrogens (tertiary/aromatic N) is 1. The van der Waals surface area contributed by atoms with Crippen LogP contribution in [-0.2, 0) is 20.0 Å². The number of carbonyl (C=O) groups excluding carboxylic acids is 1. The molecule has 0 aliphatic carbocycles.